The van der Waals surface area contributed by atoms with Gasteiger partial charge < -0.3 is 14.8 Å². The molecule has 1 saturated heterocycles. The molecule has 30 heavy (non-hydrogen) atoms. The molecule has 2 N–H and O–H groups in total. The van der Waals surface area contributed by atoms with Gasteiger partial charge in [-0.3, -0.25) is 10.1 Å². The molecule has 2 aromatic carbocycles. The number of rotatable bonds is 6. The quantitative estimate of drug-likeness (QED) is 0.701. The lowest BCUT2D eigenvalue weighted by Crippen LogP contribution is -2.48. The van der Waals surface area contributed by atoms with Gasteiger partial charge in [-0.1, -0.05) is 47.5 Å². The van der Waals surface area contributed by atoms with Crippen LogP contribution in [0.2, 0.25) is 5.02 Å². The van der Waals surface area contributed by atoms with Crippen LogP contribution in [0, 0.1) is 19.3 Å². The number of nitrogens with one attached hydrogen (secondary N) is 2. The smallest absolute Gasteiger partial charge is 0.411 e. The Bertz CT molecular complexity index is 910. The van der Waals surface area contributed by atoms with Gasteiger partial charge >= 0.3 is 6.09 Å². The van der Waals surface area contributed by atoms with Gasteiger partial charge in [-0.2, -0.15) is 0 Å². The highest BCUT2D eigenvalue weighted by atomic mass is 35.5. The van der Waals surface area contributed by atoms with Crippen molar-refractivity contribution >= 4 is 29.3 Å². The first-order chi connectivity index (χ1) is 14.4. The van der Waals surface area contributed by atoms with Crippen molar-refractivity contribution in [1.82, 2.24) is 5.32 Å². The molecule has 1 heterocycles. The first kappa shape index (κ1) is 22.1. The molecule has 0 saturated carbocycles. The second-order valence-corrected chi connectivity index (χ2v) is 8.09. The molecule has 6 nitrogen and oxygen atoms in total. The van der Waals surface area contributed by atoms with Crippen molar-refractivity contribution in [2.75, 3.05) is 25.1 Å². The van der Waals surface area contributed by atoms with Gasteiger partial charge in [0.1, 0.15) is 6.61 Å². The Balaban J connectivity index is 1.62. The standard InChI is InChI=1S/C23H27ClN2O4/c1-16-7-8-20(17(2)13-16)26-22(28)30-15-23(9-11-29-12-10-23)21(27)25-14-18-5-3-4-6-19(18)24/h3-8,13H,9-12,14-15H2,1-2H3,(H,25,27)(H,26,28). The van der Waals surface area contributed by atoms with E-state index in [-0.39, 0.29) is 12.5 Å². The lowest BCUT2D eigenvalue weighted by molar-refractivity contribution is -0.140. The highest BCUT2D eigenvalue weighted by Gasteiger charge is 2.41. The zero-order valence-electron chi connectivity index (χ0n) is 17.3. The SMILES string of the molecule is Cc1ccc(NC(=O)OCC2(C(=O)NCc3ccccc3Cl)CCOCC2)c(C)c1. The minimum atomic E-state index is -0.820. The molecule has 0 aliphatic carbocycles. The van der Waals surface area contributed by atoms with Crippen LogP contribution in [0.3, 0.4) is 0 Å². The zero-order chi connectivity index (χ0) is 21.6. The second kappa shape index (κ2) is 9.96. The van der Waals surface area contributed by atoms with Crippen LogP contribution < -0.4 is 10.6 Å². The van der Waals surface area contributed by atoms with Crippen LogP contribution in [0.25, 0.3) is 0 Å². The van der Waals surface area contributed by atoms with E-state index in [9.17, 15) is 9.59 Å². The van der Waals surface area contributed by atoms with Crippen LogP contribution in [0.1, 0.15) is 29.5 Å². The molecule has 0 bridgehead atoms. The Morgan fingerprint density at radius 3 is 2.57 bits per heavy atom. The van der Waals surface area contributed by atoms with E-state index in [0.717, 1.165) is 16.7 Å². The molecule has 2 aromatic rings. The van der Waals surface area contributed by atoms with E-state index < -0.39 is 11.5 Å². The summed E-state index contributed by atoms with van der Waals surface area (Å²) >= 11 is 6.18. The summed E-state index contributed by atoms with van der Waals surface area (Å²) in [6.07, 6.45) is 0.392. The van der Waals surface area contributed by atoms with Gasteiger partial charge in [-0.15, -0.1) is 0 Å². The average molecular weight is 431 g/mol. The van der Waals surface area contributed by atoms with Gasteiger partial charge in [0.15, 0.2) is 0 Å². The summed E-state index contributed by atoms with van der Waals surface area (Å²) in [6, 6.07) is 13.1. The molecule has 0 unspecified atom stereocenters. The fourth-order valence-corrected chi connectivity index (χ4v) is 3.71. The number of carbonyl (C=O) groups excluding carboxylic acids is 2. The van der Waals surface area contributed by atoms with E-state index in [4.69, 9.17) is 21.1 Å². The molecular formula is C23H27ClN2O4. The van der Waals surface area contributed by atoms with Crippen molar-refractivity contribution in [2.45, 2.75) is 33.2 Å². The number of anilines is 1. The predicted molar refractivity (Wildman–Crippen MR) is 117 cm³/mol. The Morgan fingerprint density at radius 1 is 1.13 bits per heavy atom. The van der Waals surface area contributed by atoms with Gasteiger partial charge in [-0.25, -0.2) is 4.79 Å². The van der Waals surface area contributed by atoms with Crippen LogP contribution in [-0.2, 0) is 20.8 Å². The van der Waals surface area contributed by atoms with Crippen molar-refractivity contribution < 1.29 is 19.1 Å². The molecular weight excluding hydrogens is 404 g/mol. The Morgan fingerprint density at radius 2 is 1.87 bits per heavy atom. The molecule has 0 spiro atoms. The van der Waals surface area contributed by atoms with Crippen molar-refractivity contribution in [3.63, 3.8) is 0 Å². The number of amides is 2. The van der Waals surface area contributed by atoms with E-state index in [2.05, 4.69) is 10.6 Å². The van der Waals surface area contributed by atoms with E-state index in [1.807, 2.05) is 50.2 Å². The maximum Gasteiger partial charge on any atom is 0.411 e. The topological polar surface area (TPSA) is 76.7 Å². The van der Waals surface area contributed by atoms with Crippen molar-refractivity contribution in [3.8, 4) is 0 Å². The monoisotopic (exact) mass is 430 g/mol. The molecule has 1 aliphatic heterocycles. The number of hydrogen-bond acceptors (Lipinski definition) is 4. The second-order valence-electron chi connectivity index (χ2n) is 7.69. The van der Waals surface area contributed by atoms with Crippen LogP contribution in [0.15, 0.2) is 42.5 Å². The molecule has 1 fully saturated rings. The summed E-state index contributed by atoms with van der Waals surface area (Å²) in [5.41, 5.74) is 2.77. The molecule has 0 radical (unpaired) electrons. The van der Waals surface area contributed by atoms with E-state index in [1.165, 1.54) is 0 Å². The van der Waals surface area contributed by atoms with Gasteiger partial charge in [0.05, 0.1) is 5.41 Å². The summed E-state index contributed by atoms with van der Waals surface area (Å²) < 4.78 is 10.9. The van der Waals surface area contributed by atoms with Crippen LogP contribution >= 0.6 is 11.6 Å². The Labute approximate surface area is 181 Å². The first-order valence-corrected chi connectivity index (χ1v) is 10.4. The minimum absolute atomic E-state index is 0.0124. The van der Waals surface area contributed by atoms with E-state index in [1.54, 1.807) is 6.07 Å². The maximum absolute atomic E-state index is 13.0. The molecule has 2 amide bonds. The predicted octanol–water partition coefficient (Wildman–Crippen LogP) is 4.62. The number of aryl methyl sites for hydroxylation is 2. The summed E-state index contributed by atoms with van der Waals surface area (Å²) in [7, 11) is 0. The van der Waals surface area contributed by atoms with Crippen molar-refractivity contribution in [1.29, 1.82) is 0 Å². The van der Waals surface area contributed by atoms with Crippen molar-refractivity contribution in [3.05, 3.63) is 64.2 Å². The Kier molecular flexibility index (Phi) is 7.34. The van der Waals surface area contributed by atoms with Gasteiger partial charge in [0.2, 0.25) is 5.91 Å². The normalized spacial score (nSPS) is 15.3. The Hall–Kier alpha value is -2.57. The summed E-state index contributed by atoms with van der Waals surface area (Å²) in [5, 5.41) is 6.31. The largest absolute Gasteiger partial charge is 0.448 e. The molecule has 3 rings (SSSR count). The fraction of sp³-hybridized carbons (Fsp3) is 0.391. The van der Waals surface area contributed by atoms with E-state index >= 15 is 0 Å². The maximum atomic E-state index is 13.0. The van der Waals surface area contributed by atoms with Crippen LogP contribution in [0.5, 0.6) is 0 Å². The summed E-state index contributed by atoms with van der Waals surface area (Å²) in [4.78, 5) is 25.4. The average Bonchev–Trinajstić information content (AvgIpc) is 2.74. The van der Waals surface area contributed by atoms with Gasteiger partial charge in [-0.05, 0) is 49.9 Å². The molecule has 7 heteroatoms. The van der Waals surface area contributed by atoms with E-state index in [0.29, 0.717) is 43.3 Å². The first-order valence-electron chi connectivity index (χ1n) is 10.0. The zero-order valence-corrected chi connectivity index (χ0v) is 18.1. The van der Waals surface area contributed by atoms with Crippen LogP contribution in [-0.4, -0.2) is 31.8 Å². The number of ether oxygens (including phenoxy) is 2. The van der Waals surface area contributed by atoms with Gasteiger partial charge in [0.25, 0.3) is 0 Å². The third-order valence-electron chi connectivity index (χ3n) is 5.43. The molecule has 160 valence electrons. The summed E-state index contributed by atoms with van der Waals surface area (Å²) in [5.74, 6) is -0.162. The third kappa shape index (κ3) is 5.52. The van der Waals surface area contributed by atoms with Crippen molar-refractivity contribution in [2.24, 2.45) is 5.41 Å². The molecule has 0 atom stereocenters. The van der Waals surface area contributed by atoms with Crippen LogP contribution in [0.4, 0.5) is 10.5 Å². The third-order valence-corrected chi connectivity index (χ3v) is 5.80. The number of carbonyl (C=O) groups is 2. The fourth-order valence-electron chi connectivity index (χ4n) is 3.51. The lowest BCUT2D eigenvalue weighted by Gasteiger charge is -2.35. The van der Waals surface area contributed by atoms with Gasteiger partial charge in [0, 0.05) is 30.5 Å². The molecule has 1 aliphatic rings. The lowest BCUT2D eigenvalue weighted by atomic mass is 9.80. The number of halogens is 1. The minimum Gasteiger partial charge on any atom is -0.448 e. The highest BCUT2D eigenvalue weighted by Crippen LogP contribution is 2.32. The number of hydrogen-bond donors (Lipinski definition) is 2. The molecule has 0 aromatic heterocycles. The number of benzene rings is 2. The summed E-state index contributed by atoms with van der Waals surface area (Å²) in [6.45, 7) is 5.11. The highest BCUT2D eigenvalue weighted by molar-refractivity contribution is 6.31.